The van der Waals surface area contributed by atoms with Crippen LogP contribution in [0.4, 0.5) is 5.82 Å². The largest absolute Gasteiger partial charge is 0.494 e. The van der Waals surface area contributed by atoms with Gasteiger partial charge in [0.25, 0.3) is 0 Å². The number of hydrogen-bond donors (Lipinski definition) is 2. The molecular formula is C16H18BrN3OS. The van der Waals surface area contributed by atoms with E-state index in [9.17, 15) is 0 Å². The number of benzene rings is 1. The van der Waals surface area contributed by atoms with E-state index >= 15 is 0 Å². The van der Waals surface area contributed by atoms with Gasteiger partial charge in [-0.15, -0.1) is 0 Å². The van der Waals surface area contributed by atoms with Gasteiger partial charge in [0.05, 0.1) is 11.1 Å². The van der Waals surface area contributed by atoms with Crippen LogP contribution in [-0.4, -0.2) is 23.2 Å². The van der Waals surface area contributed by atoms with Crippen molar-refractivity contribution in [3.05, 3.63) is 52.6 Å². The number of para-hydroxylation sites is 1. The van der Waals surface area contributed by atoms with Crippen molar-refractivity contribution in [2.75, 3.05) is 18.5 Å². The van der Waals surface area contributed by atoms with Crippen molar-refractivity contribution in [2.45, 2.75) is 13.3 Å². The van der Waals surface area contributed by atoms with Gasteiger partial charge in [-0.2, -0.15) is 0 Å². The first-order valence-corrected chi connectivity index (χ1v) is 8.27. The van der Waals surface area contributed by atoms with Gasteiger partial charge in [0.15, 0.2) is 5.11 Å². The maximum Gasteiger partial charge on any atom is 0.171 e. The maximum atomic E-state index is 5.61. The molecule has 1 aromatic carbocycles. The molecule has 2 aromatic rings. The molecule has 2 N–H and O–H groups in total. The van der Waals surface area contributed by atoms with E-state index in [0.29, 0.717) is 17.5 Å². The molecule has 2 rings (SSSR count). The van der Waals surface area contributed by atoms with Crippen LogP contribution in [0.25, 0.3) is 0 Å². The van der Waals surface area contributed by atoms with Crippen molar-refractivity contribution in [1.29, 1.82) is 0 Å². The smallest absolute Gasteiger partial charge is 0.171 e. The van der Waals surface area contributed by atoms with Crippen LogP contribution in [0.3, 0.4) is 0 Å². The third kappa shape index (κ3) is 4.96. The average Bonchev–Trinajstić information content (AvgIpc) is 2.51. The molecule has 0 spiro atoms. The summed E-state index contributed by atoms with van der Waals surface area (Å²) in [4.78, 5) is 4.22. The second kappa shape index (κ2) is 8.70. The Labute approximate surface area is 144 Å². The predicted octanol–water partition coefficient (Wildman–Crippen LogP) is 3.77. The molecule has 22 heavy (non-hydrogen) atoms. The van der Waals surface area contributed by atoms with E-state index in [2.05, 4.69) is 37.6 Å². The second-order valence-electron chi connectivity index (χ2n) is 4.51. The molecule has 0 fully saturated rings. The highest BCUT2D eigenvalue weighted by molar-refractivity contribution is 9.10. The standard InChI is InChI=1S/C16H18BrN3OS/c1-2-21-14-8-4-3-6-12(14)9-11-19-16(22)20-15-13(17)7-5-10-18-15/h3-8,10H,2,9,11H2,1H3,(H2,18,19,20,22). The fraction of sp³-hybridized carbons (Fsp3) is 0.250. The molecule has 0 aliphatic heterocycles. The summed E-state index contributed by atoms with van der Waals surface area (Å²) in [5, 5.41) is 6.80. The summed E-state index contributed by atoms with van der Waals surface area (Å²) in [5.74, 6) is 1.63. The molecule has 1 heterocycles. The molecule has 4 nitrogen and oxygen atoms in total. The van der Waals surface area contributed by atoms with Gasteiger partial charge in [0, 0.05) is 12.7 Å². The molecule has 1 aromatic heterocycles. The monoisotopic (exact) mass is 379 g/mol. The summed E-state index contributed by atoms with van der Waals surface area (Å²) in [5.41, 5.74) is 1.17. The first-order valence-electron chi connectivity index (χ1n) is 7.06. The quantitative estimate of drug-likeness (QED) is 0.747. The molecule has 0 atom stereocenters. The number of halogens is 1. The lowest BCUT2D eigenvalue weighted by atomic mass is 10.1. The van der Waals surface area contributed by atoms with Crippen molar-refractivity contribution >= 4 is 39.1 Å². The number of aromatic nitrogens is 1. The Bertz CT molecular complexity index is 636. The van der Waals surface area contributed by atoms with Crippen molar-refractivity contribution in [3.63, 3.8) is 0 Å². The van der Waals surface area contributed by atoms with Crippen molar-refractivity contribution < 1.29 is 4.74 Å². The SMILES string of the molecule is CCOc1ccccc1CCNC(=S)Nc1ncccc1Br. The van der Waals surface area contributed by atoms with Crippen LogP contribution in [-0.2, 0) is 6.42 Å². The van der Waals surface area contributed by atoms with Crippen molar-refractivity contribution in [3.8, 4) is 5.75 Å². The van der Waals surface area contributed by atoms with Gasteiger partial charge in [-0.3, -0.25) is 0 Å². The summed E-state index contributed by atoms with van der Waals surface area (Å²) in [6.07, 6.45) is 2.55. The maximum absolute atomic E-state index is 5.61. The summed E-state index contributed by atoms with van der Waals surface area (Å²) >= 11 is 8.71. The number of rotatable bonds is 6. The van der Waals surface area contributed by atoms with Crippen molar-refractivity contribution in [2.24, 2.45) is 0 Å². The third-order valence-electron chi connectivity index (χ3n) is 2.94. The number of nitrogens with one attached hydrogen (secondary N) is 2. The zero-order valence-electron chi connectivity index (χ0n) is 12.3. The Balaban J connectivity index is 1.84. The lowest BCUT2D eigenvalue weighted by molar-refractivity contribution is 0.336. The average molecular weight is 380 g/mol. The number of thiocarbonyl (C=S) groups is 1. The van der Waals surface area contributed by atoms with Crippen molar-refractivity contribution in [1.82, 2.24) is 10.3 Å². The fourth-order valence-corrected chi connectivity index (χ4v) is 2.50. The van der Waals surface area contributed by atoms with Crippen LogP contribution in [0.1, 0.15) is 12.5 Å². The highest BCUT2D eigenvalue weighted by Gasteiger charge is 2.04. The Kier molecular flexibility index (Phi) is 6.61. The van der Waals surface area contributed by atoms with Crippen LogP contribution in [0, 0.1) is 0 Å². The Hall–Kier alpha value is -1.66. The minimum absolute atomic E-state index is 0.549. The number of hydrogen-bond acceptors (Lipinski definition) is 3. The molecule has 0 saturated carbocycles. The molecule has 0 amide bonds. The molecule has 0 bridgehead atoms. The third-order valence-corrected chi connectivity index (χ3v) is 3.83. The summed E-state index contributed by atoms with van der Waals surface area (Å²) in [7, 11) is 0. The fourth-order valence-electron chi connectivity index (χ4n) is 1.95. The molecule has 0 aliphatic carbocycles. The van der Waals surface area contributed by atoms with Gasteiger partial charge < -0.3 is 15.4 Å². The molecule has 0 aliphatic rings. The minimum atomic E-state index is 0.549. The van der Waals surface area contributed by atoms with Gasteiger partial charge in [-0.05, 0) is 65.3 Å². The van der Waals surface area contributed by atoms with E-state index < -0.39 is 0 Å². The van der Waals surface area contributed by atoms with Gasteiger partial charge in [-0.1, -0.05) is 18.2 Å². The Morgan fingerprint density at radius 3 is 2.86 bits per heavy atom. The summed E-state index contributed by atoms with van der Waals surface area (Å²) in [6.45, 7) is 3.37. The summed E-state index contributed by atoms with van der Waals surface area (Å²) < 4.78 is 6.49. The normalized spacial score (nSPS) is 10.1. The zero-order valence-corrected chi connectivity index (χ0v) is 14.7. The first kappa shape index (κ1) is 16.7. The molecule has 0 saturated heterocycles. The van der Waals surface area contributed by atoms with Crippen LogP contribution >= 0.6 is 28.1 Å². The predicted molar refractivity (Wildman–Crippen MR) is 97.5 cm³/mol. The molecular weight excluding hydrogens is 362 g/mol. The van der Waals surface area contributed by atoms with E-state index in [1.807, 2.05) is 37.3 Å². The summed E-state index contributed by atoms with van der Waals surface area (Å²) in [6, 6.07) is 11.8. The lowest BCUT2D eigenvalue weighted by Gasteiger charge is -2.13. The number of anilines is 1. The van der Waals surface area contributed by atoms with Gasteiger partial charge in [-0.25, -0.2) is 4.98 Å². The van der Waals surface area contributed by atoms with E-state index in [-0.39, 0.29) is 0 Å². The van der Waals surface area contributed by atoms with E-state index in [0.717, 1.165) is 23.2 Å². The zero-order chi connectivity index (χ0) is 15.8. The molecule has 6 heteroatoms. The first-order chi connectivity index (χ1) is 10.7. The highest BCUT2D eigenvalue weighted by Crippen LogP contribution is 2.19. The van der Waals surface area contributed by atoms with Crippen LogP contribution in [0.15, 0.2) is 47.1 Å². The highest BCUT2D eigenvalue weighted by atomic mass is 79.9. The van der Waals surface area contributed by atoms with Gasteiger partial charge in [0.1, 0.15) is 11.6 Å². The minimum Gasteiger partial charge on any atom is -0.494 e. The van der Waals surface area contributed by atoms with E-state index in [1.54, 1.807) is 6.20 Å². The lowest BCUT2D eigenvalue weighted by Crippen LogP contribution is -2.30. The molecule has 116 valence electrons. The Morgan fingerprint density at radius 2 is 2.09 bits per heavy atom. The van der Waals surface area contributed by atoms with E-state index in [4.69, 9.17) is 17.0 Å². The topological polar surface area (TPSA) is 46.2 Å². The van der Waals surface area contributed by atoms with Crippen LogP contribution in [0.5, 0.6) is 5.75 Å². The van der Waals surface area contributed by atoms with Crippen LogP contribution < -0.4 is 15.4 Å². The number of nitrogens with zero attached hydrogens (tertiary/aromatic N) is 1. The second-order valence-corrected chi connectivity index (χ2v) is 5.77. The molecule has 0 unspecified atom stereocenters. The number of ether oxygens (including phenoxy) is 1. The van der Waals surface area contributed by atoms with E-state index in [1.165, 1.54) is 5.56 Å². The van der Waals surface area contributed by atoms with Gasteiger partial charge in [0.2, 0.25) is 0 Å². The molecule has 0 radical (unpaired) electrons. The number of pyridine rings is 1. The van der Waals surface area contributed by atoms with Crippen LogP contribution in [0.2, 0.25) is 0 Å². The Morgan fingerprint density at radius 1 is 1.27 bits per heavy atom. The van der Waals surface area contributed by atoms with Gasteiger partial charge >= 0.3 is 0 Å².